The van der Waals surface area contributed by atoms with Crippen LogP contribution < -0.4 is 10.1 Å². The molecule has 2 N–H and O–H groups in total. The van der Waals surface area contributed by atoms with E-state index in [1.54, 1.807) is 32.0 Å². The van der Waals surface area contributed by atoms with Crippen molar-refractivity contribution in [1.29, 1.82) is 0 Å². The average molecular weight is 275 g/mol. The molecule has 0 aromatic heterocycles. The third kappa shape index (κ3) is 1.69. The number of amides is 1. The lowest BCUT2D eigenvalue weighted by atomic mass is 9.64. The summed E-state index contributed by atoms with van der Waals surface area (Å²) in [6.45, 7) is 3.40. The van der Waals surface area contributed by atoms with Crippen molar-refractivity contribution in [2.45, 2.75) is 44.1 Å². The number of ether oxygens (including phenoxy) is 1. The summed E-state index contributed by atoms with van der Waals surface area (Å²) >= 11 is 0. The van der Waals surface area contributed by atoms with Crippen molar-refractivity contribution in [1.82, 2.24) is 0 Å². The van der Waals surface area contributed by atoms with Crippen LogP contribution in [0.2, 0.25) is 0 Å². The SMILES string of the molecule is CC1(C)Oc2ccc(C3(C(=O)O)CCC3)cc2NC1=O. The lowest BCUT2D eigenvalue weighted by molar-refractivity contribution is -0.147. The smallest absolute Gasteiger partial charge is 0.314 e. The van der Waals surface area contributed by atoms with Gasteiger partial charge in [0.05, 0.1) is 11.1 Å². The lowest BCUT2D eigenvalue weighted by Gasteiger charge is -2.39. The minimum Gasteiger partial charge on any atom is -0.481 e. The van der Waals surface area contributed by atoms with E-state index in [1.165, 1.54) is 0 Å². The number of aliphatic carboxylic acids is 1. The van der Waals surface area contributed by atoms with E-state index in [-0.39, 0.29) is 5.91 Å². The minimum atomic E-state index is -0.907. The summed E-state index contributed by atoms with van der Waals surface area (Å²) in [5.41, 5.74) is -0.416. The highest BCUT2D eigenvalue weighted by Crippen LogP contribution is 2.46. The van der Waals surface area contributed by atoms with Crippen LogP contribution >= 0.6 is 0 Å². The van der Waals surface area contributed by atoms with Crippen LogP contribution in [0.3, 0.4) is 0 Å². The molecule has 3 rings (SSSR count). The molecule has 106 valence electrons. The van der Waals surface area contributed by atoms with E-state index in [2.05, 4.69) is 5.32 Å². The molecule has 1 heterocycles. The molecule has 0 saturated heterocycles. The third-order valence-electron chi connectivity index (χ3n) is 4.31. The summed E-state index contributed by atoms with van der Waals surface area (Å²) in [6, 6.07) is 5.27. The molecule has 20 heavy (non-hydrogen) atoms. The van der Waals surface area contributed by atoms with Crippen molar-refractivity contribution < 1.29 is 19.4 Å². The summed E-state index contributed by atoms with van der Waals surface area (Å²) in [5.74, 6) is -0.439. The fraction of sp³-hybridized carbons (Fsp3) is 0.467. The van der Waals surface area contributed by atoms with Crippen molar-refractivity contribution in [3.05, 3.63) is 23.8 Å². The number of carboxylic acids is 1. The van der Waals surface area contributed by atoms with Crippen LogP contribution in [0.4, 0.5) is 5.69 Å². The summed E-state index contributed by atoms with van der Waals surface area (Å²) in [4.78, 5) is 23.4. The van der Waals surface area contributed by atoms with Crippen LogP contribution in [0.15, 0.2) is 18.2 Å². The first-order valence-electron chi connectivity index (χ1n) is 6.74. The highest BCUT2D eigenvalue weighted by molar-refractivity contribution is 6.00. The van der Waals surface area contributed by atoms with Crippen molar-refractivity contribution in [3.63, 3.8) is 0 Å². The van der Waals surface area contributed by atoms with E-state index in [9.17, 15) is 14.7 Å². The van der Waals surface area contributed by atoms with Gasteiger partial charge in [0.2, 0.25) is 0 Å². The van der Waals surface area contributed by atoms with Crippen molar-refractivity contribution in [2.24, 2.45) is 0 Å². The highest BCUT2D eigenvalue weighted by Gasteiger charge is 2.46. The number of fused-ring (bicyclic) bond motifs is 1. The normalized spacial score (nSPS) is 22.0. The fourth-order valence-electron chi connectivity index (χ4n) is 2.76. The highest BCUT2D eigenvalue weighted by atomic mass is 16.5. The molecule has 1 aromatic rings. The maximum absolute atomic E-state index is 11.9. The van der Waals surface area contributed by atoms with Crippen LogP contribution in [0.5, 0.6) is 5.75 Å². The Hall–Kier alpha value is -2.04. The number of carbonyl (C=O) groups is 2. The molecule has 0 unspecified atom stereocenters. The van der Waals surface area contributed by atoms with E-state index >= 15 is 0 Å². The van der Waals surface area contributed by atoms with Gasteiger partial charge < -0.3 is 15.2 Å². The maximum atomic E-state index is 11.9. The van der Waals surface area contributed by atoms with Crippen LogP contribution in [0.25, 0.3) is 0 Å². The van der Waals surface area contributed by atoms with Gasteiger partial charge in [-0.05, 0) is 44.4 Å². The molecule has 5 heteroatoms. The summed E-state index contributed by atoms with van der Waals surface area (Å²) in [7, 11) is 0. The topological polar surface area (TPSA) is 75.6 Å². The van der Waals surface area contributed by atoms with E-state index in [4.69, 9.17) is 4.74 Å². The first kappa shape index (κ1) is 13.0. The Balaban J connectivity index is 2.01. The largest absolute Gasteiger partial charge is 0.481 e. The van der Waals surface area contributed by atoms with E-state index < -0.39 is 17.0 Å². The van der Waals surface area contributed by atoms with Crippen LogP contribution in [-0.4, -0.2) is 22.6 Å². The fourth-order valence-corrected chi connectivity index (χ4v) is 2.76. The molecule has 1 fully saturated rings. The van der Waals surface area contributed by atoms with Gasteiger partial charge in [-0.3, -0.25) is 9.59 Å². The zero-order chi connectivity index (χ0) is 14.5. The number of rotatable bonds is 2. The average Bonchev–Trinajstić information content (AvgIpc) is 2.28. The van der Waals surface area contributed by atoms with E-state index in [1.807, 2.05) is 0 Å². The third-order valence-corrected chi connectivity index (χ3v) is 4.31. The second-order valence-corrected chi connectivity index (χ2v) is 6.02. The van der Waals surface area contributed by atoms with Crippen LogP contribution in [-0.2, 0) is 15.0 Å². The van der Waals surface area contributed by atoms with Crippen LogP contribution in [0, 0.1) is 0 Å². The number of carboxylic acid groups (broad SMARTS) is 1. The van der Waals surface area contributed by atoms with Gasteiger partial charge in [0.15, 0.2) is 5.60 Å². The summed E-state index contributed by atoms with van der Waals surface area (Å²) in [6.07, 6.45) is 2.20. The number of carbonyl (C=O) groups excluding carboxylic acids is 1. The minimum absolute atomic E-state index is 0.222. The molecule has 1 saturated carbocycles. The van der Waals surface area contributed by atoms with Crippen LogP contribution in [0.1, 0.15) is 38.7 Å². The molecule has 1 aromatic carbocycles. The Labute approximate surface area is 116 Å². The standard InChI is InChI=1S/C15H17NO4/c1-14(2)12(17)16-10-8-9(4-5-11(10)20-14)15(13(18)19)6-3-7-15/h4-5,8H,3,6-7H2,1-2H3,(H,16,17)(H,18,19). The van der Waals surface area contributed by atoms with Gasteiger partial charge in [0.25, 0.3) is 5.91 Å². The first-order valence-corrected chi connectivity index (χ1v) is 6.74. The number of hydrogen-bond acceptors (Lipinski definition) is 3. The number of hydrogen-bond donors (Lipinski definition) is 2. The molecule has 0 atom stereocenters. The monoisotopic (exact) mass is 275 g/mol. The predicted octanol–water partition coefficient (Wildman–Crippen LogP) is 2.30. The summed E-state index contributed by atoms with van der Waals surface area (Å²) in [5, 5.41) is 12.3. The van der Waals surface area contributed by atoms with Crippen molar-refractivity contribution in [3.8, 4) is 5.75 Å². The van der Waals surface area contributed by atoms with Crippen molar-refractivity contribution >= 4 is 17.6 Å². The van der Waals surface area contributed by atoms with Gasteiger partial charge in [-0.1, -0.05) is 12.5 Å². The molecule has 1 aliphatic heterocycles. The number of nitrogens with one attached hydrogen (secondary N) is 1. The molecule has 5 nitrogen and oxygen atoms in total. The second-order valence-electron chi connectivity index (χ2n) is 6.02. The zero-order valence-corrected chi connectivity index (χ0v) is 11.5. The predicted molar refractivity (Wildman–Crippen MR) is 72.9 cm³/mol. The molecule has 0 bridgehead atoms. The Kier molecular flexibility index (Phi) is 2.58. The van der Waals surface area contributed by atoms with Gasteiger partial charge in [0.1, 0.15) is 5.75 Å². The molecule has 1 amide bonds. The van der Waals surface area contributed by atoms with Gasteiger partial charge in [-0.15, -0.1) is 0 Å². The lowest BCUT2D eigenvalue weighted by Crippen LogP contribution is -2.46. The Bertz CT molecular complexity index is 602. The zero-order valence-electron chi connectivity index (χ0n) is 11.5. The Morgan fingerprint density at radius 3 is 2.60 bits per heavy atom. The molecular formula is C15H17NO4. The number of anilines is 1. The quantitative estimate of drug-likeness (QED) is 0.868. The van der Waals surface area contributed by atoms with E-state index in [0.717, 1.165) is 12.0 Å². The molecule has 1 aliphatic carbocycles. The Morgan fingerprint density at radius 2 is 2.05 bits per heavy atom. The van der Waals surface area contributed by atoms with E-state index in [0.29, 0.717) is 24.3 Å². The summed E-state index contributed by atoms with van der Waals surface area (Å²) < 4.78 is 5.65. The molecular weight excluding hydrogens is 258 g/mol. The van der Waals surface area contributed by atoms with Gasteiger partial charge >= 0.3 is 5.97 Å². The Morgan fingerprint density at radius 1 is 1.35 bits per heavy atom. The maximum Gasteiger partial charge on any atom is 0.314 e. The first-order chi connectivity index (χ1) is 9.35. The van der Waals surface area contributed by atoms with Crippen molar-refractivity contribution in [2.75, 3.05) is 5.32 Å². The van der Waals surface area contributed by atoms with Gasteiger partial charge in [-0.25, -0.2) is 0 Å². The molecule has 2 aliphatic rings. The molecule has 0 radical (unpaired) electrons. The molecule has 0 spiro atoms. The number of benzene rings is 1. The van der Waals surface area contributed by atoms with Gasteiger partial charge in [-0.2, -0.15) is 0 Å². The second kappa shape index (κ2) is 3.98. The van der Waals surface area contributed by atoms with Gasteiger partial charge in [0, 0.05) is 0 Å².